The Kier molecular flexibility index (Phi) is 5.01. The Bertz CT molecular complexity index is 1410. The molecule has 33 heavy (non-hydrogen) atoms. The SMILES string of the molecule is Cn1nc(-c2cnn(C(F)(F)F)c2)c2nc(N=C(c3ccccc3)c3ccccc3)ccc21. The molecule has 0 unspecified atom stereocenters. The highest BCUT2D eigenvalue weighted by molar-refractivity contribution is 6.13. The molecule has 3 aromatic heterocycles. The van der Waals surface area contributed by atoms with Crippen molar-refractivity contribution in [2.24, 2.45) is 12.0 Å². The second-order valence-electron chi connectivity index (χ2n) is 7.34. The highest BCUT2D eigenvalue weighted by Crippen LogP contribution is 2.30. The van der Waals surface area contributed by atoms with Crippen LogP contribution in [-0.2, 0) is 13.3 Å². The Hall–Kier alpha value is -4.27. The molecule has 5 rings (SSSR count). The highest BCUT2D eigenvalue weighted by atomic mass is 19.4. The zero-order valence-corrected chi connectivity index (χ0v) is 17.4. The standard InChI is InChI=1S/C24H17F3N6/c1-32-19-12-13-20(29-21(16-8-4-2-5-9-16)17-10-6-3-7-11-17)30-23(19)22(31-32)18-14-28-33(15-18)24(25,26)27/h2-15H,1H3. The Labute approximate surface area is 186 Å². The molecule has 9 heteroatoms. The highest BCUT2D eigenvalue weighted by Gasteiger charge is 2.32. The maximum absolute atomic E-state index is 13.0. The zero-order chi connectivity index (χ0) is 23.0. The first-order chi connectivity index (χ1) is 15.9. The second-order valence-corrected chi connectivity index (χ2v) is 7.34. The van der Waals surface area contributed by atoms with Crippen LogP contribution < -0.4 is 0 Å². The number of aromatic nitrogens is 5. The number of nitrogens with zero attached hydrogens (tertiary/aromatic N) is 6. The Morgan fingerprint density at radius 3 is 2.09 bits per heavy atom. The number of fused-ring (bicyclic) bond motifs is 1. The molecule has 0 aliphatic heterocycles. The minimum absolute atomic E-state index is 0.0479. The fourth-order valence-electron chi connectivity index (χ4n) is 3.57. The Balaban J connectivity index is 1.65. The maximum atomic E-state index is 13.0. The van der Waals surface area contributed by atoms with Crippen molar-refractivity contribution in [3.63, 3.8) is 0 Å². The molecular formula is C24H17F3N6. The van der Waals surface area contributed by atoms with Crippen molar-refractivity contribution >= 4 is 22.6 Å². The molecule has 0 aliphatic rings. The average molecular weight is 446 g/mol. The van der Waals surface area contributed by atoms with Gasteiger partial charge in [0.1, 0.15) is 11.2 Å². The van der Waals surface area contributed by atoms with Gasteiger partial charge in [-0.15, -0.1) is 13.2 Å². The van der Waals surface area contributed by atoms with E-state index in [4.69, 9.17) is 4.99 Å². The third-order valence-electron chi connectivity index (χ3n) is 5.12. The minimum Gasteiger partial charge on any atom is -0.266 e. The van der Waals surface area contributed by atoms with Crippen molar-refractivity contribution in [1.82, 2.24) is 24.5 Å². The van der Waals surface area contributed by atoms with E-state index in [0.717, 1.165) is 29.2 Å². The maximum Gasteiger partial charge on any atom is 0.504 e. The van der Waals surface area contributed by atoms with Gasteiger partial charge >= 0.3 is 6.30 Å². The van der Waals surface area contributed by atoms with Crippen LogP contribution in [0.2, 0.25) is 0 Å². The lowest BCUT2D eigenvalue weighted by Crippen LogP contribution is -2.16. The fraction of sp³-hybridized carbons (Fsp3) is 0.0833. The molecule has 2 aromatic carbocycles. The molecular weight excluding hydrogens is 429 g/mol. The first-order valence-corrected chi connectivity index (χ1v) is 10.1. The minimum atomic E-state index is -4.61. The number of halogens is 3. The topological polar surface area (TPSA) is 60.9 Å². The molecule has 0 amide bonds. The quantitative estimate of drug-likeness (QED) is 0.344. The number of alkyl halides is 3. The summed E-state index contributed by atoms with van der Waals surface area (Å²) in [5.41, 5.74) is 4.22. The van der Waals surface area contributed by atoms with Gasteiger partial charge in [0, 0.05) is 29.9 Å². The number of pyridine rings is 1. The molecule has 0 fully saturated rings. The van der Waals surface area contributed by atoms with Crippen molar-refractivity contribution in [1.29, 1.82) is 0 Å². The van der Waals surface area contributed by atoms with E-state index in [2.05, 4.69) is 15.2 Å². The normalized spacial score (nSPS) is 11.6. The molecule has 0 spiro atoms. The molecule has 0 saturated heterocycles. The van der Waals surface area contributed by atoms with E-state index < -0.39 is 6.30 Å². The summed E-state index contributed by atoms with van der Waals surface area (Å²) in [4.78, 5) is 9.45. The first kappa shape index (κ1) is 20.6. The van der Waals surface area contributed by atoms with Crippen molar-refractivity contribution < 1.29 is 13.2 Å². The van der Waals surface area contributed by atoms with E-state index in [0.29, 0.717) is 22.5 Å². The van der Waals surface area contributed by atoms with Crippen LogP contribution in [0.5, 0.6) is 0 Å². The van der Waals surface area contributed by atoms with Crippen LogP contribution in [0, 0.1) is 0 Å². The molecule has 164 valence electrons. The molecule has 3 heterocycles. The van der Waals surface area contributed by atoms with E-state index in [-0.39, 0.29) is 10.2 Å². The van der Waals surface area contributed by atoms with Crippen LogP contribution in [0.4, 0.5) is 19.0 Å². The second kappa shape index (κ2) is 8.01. The summed E-state index contributed by atoms with van der Waals surface area (Å²) in [5.74, 6) is 0.419. The fourth-order valence-corrected chi connectivity index (χ4v) is 3.57. The molecule has 0 radical (unpaired) electrons. The molecule has 0 atom stereocenters. The molecule has 0 saturated carbocycles. The Morgan fingerprint density at radius 1 is 0.879 bits per heavy atom. The lowest BCUT2D eigenvalue weighted by Gasteiger charge is -2.07. The summed E-state index contributed by atoms with van der Waals surface area (Å²) in [7, 11) is 1.71. The van der Waals surface area contributed by atoms with E-state index >= 15 is 0 Å². The summed E-state index contributed by atoms with van der Waals surface area (Å²) in [6, 6.07) is 23.0. The van der Waals surface area contributed by atoms with Crippen LogP contribution in [0.15, 0.2) is 90.2 Å². The van der Waals surface area contributed by atoms with Crippen LogP contribution in [0.25, 0.3) is 22.3 Å². The van der Waals surface area contributed by atoms with Crippen LogP contribution in [-0.4, -0.2) is 30.3 Å². The number of aliphatic imine (C=N–C) groups is 1. The van der Waals surface area contributed by atoms with Crippen LogP contribution >= 0.6 is 0 Å². The van der Waals surface area contributed by atoms with Crippen molar-refractivity contribution in [3.05, 3.63) is 96.3 Å². The van der Waals surface area contributed by atoms with Crippen molar-refractivity contribution in [3.8, 4) is 11.3 Å². The molecule has 6 nitrogen and oxygen atoms in total. The first-order valence-electron chi connectivity index (χ1n) is 10.1. The predicted molar refractivity (Wildman–Crippen MR) is 119 cm³/mol. The summed E-state index contributed by atoms with van der Waals surface area (Å²) < 4.78 is 40.5. The van der Waals surface area contributed by atoms with Crippen molar-refractivity contribution in [2.75, 3.05) is 0 Å². The number of rotatable bonds is 4. The van der Waals surface area contributed by atoms with Gasteiger partial charge in [-0.1, -0.05) is 60.7 Å². The zero-order valence-electron chi connectivity index (χ0n) is 17.4. The van der Waals surface area contributed by atoms with Gasteiger partial charge in [0.2, 0.25) is 0 Å². The summed E-state index contributed by atoms with van der Waals surface area (Å²) in [6.45, 7) is 0. The van der Waals surface area contributed by atoms with Gasteiger partial charge in [-0.05, 0) is 12.1 Å². The molecule has 0 N–H and O–H groups in total. The number of aryl methyl sites for hydroxylation is 1. The summed E-state index contributed by atoms with van der Waals surface area (Å²) in [5, 5.41) is 7.79. The van der Waals surface area contributed by atoms with Crippen LogP contribution in [0.3, 0.4) is 0 Å². The molecule has 5 aromatic rings. The van der Waals surface area contributed by atoms with Crippen LogP contribution in [0.1, 0.15) is 11.1 Å². The summed E-state index contributed by atoms with van der Waals surface area (Å²) in [6.07, 6.45) is -2.57. The van der Waals surface area contributed by atoms with Gasteiger partial charge in [-0.3, -0.25) is 4.68 Å². The van der Waals surface area contributed by atoms with Crippen molar-refractivity contribution in [2.45, 2.75) is 6.30 Å². The third-order valence-corrected chi connectivity index (χ3v) is 5.12. The summed E-state index contributed by atoms with van der Waals surface area (Å²) >= 11 is 0. The molecule has 0 aliphatic carbocycles. The van der Waals surface area contributed by atoms with Gasteiger partial charge < -0.3 is 0 Å². The van der Waals surface area contributed by atoms with Gasteiger partial charge in [-0.25, -0.2) is 9.98 Å². The van der Waals surface area contributed by atoms with E-state index in [9.17, 15) is 13.2 Å². The van der Waals surface area contributed by atoms with Gasteiger partial charge in [0.15, 0.2) is 5.82 Å². The average Bonchev–Trinajstić information content (AvgIpc) is 3.44. The Morgan fingerprint density at radius 2 is 1.52 bits per heavy atom. The number of hydrogen-bond acceptors (Lipinski definition) is 4. The van der Waals surface area contributed by atoms with Gasteiger partial charge in [-0.2, -0.15) is 14.9 Å². The largest absolute Gasteiger partial charge is 0.504 e. The predicted octanol–water partition coefficient (Wildman–Crippen LogP) is 5.48. The van der Waals surface area contributed by atoms with E-state index in [1.165, 1.54) is 0 Å². The van der Waals surface area contributed by atoms with E-state index in [1.807, 2.05) is 60.7 Å². The molecule has 0 bridgehead atoms. The van der Waals surface area contributed by atoms with Gasteiger partial charge in [0.25, 0.3) is 0 Å². The third kappa shape index (κ3) is 4.00. The van der Waals surface area contributed by atoms with Gasteiger partial charge in [0.05, 0.1) is 17.4 Å². The smallest absolute Gasteiger partial charge is 0.266 e. The lowest BCUT2D eigenvalue weighted by atomic mass is 10.0. The van der Waals surface area contributed by atoms with E-state index in [1.54, 1.807) is 23.9 Å². The number of benzene rings is 2. The lowest BCUT2D eigenvalue weighted by molar-refractivity contribution is -0.212. The number of hydrogen-bond donors (Lipinski definition) is 0. The monoisotopic (exact) mass is 446 g/mol.